The van der Waals surface area contributed by atoms with E-state index in [9.17, 15) is 14.4 Å². The molecule has 9 heteroatoms. The number of nitrogens with zero attached hydrogens (tertiary/aromatic N) is 1. The number of carboxylic acids is 1. The fourth-order valence-electron chi connectivity index (χ4n) is 3.69. The Balaban J connectivity index is 1.34. The second-order valence-electron chi connectivity index (χ2n) is 7.40. The molecule has 1 aliphatic rings. The molecule has 0 radical (unpaired) electrons. The van der Waals surface area contributed by atoms with Crippen LogP contribution in [0.2, 0.25) is 0 Å². The first-order valence-electron chi connectivity index (χ1n) is 10.0. The molecule has 1 aliphatic carbocycles. The molecule has 164 valence electrons. The first-order valence-corrected chi connectivity index (χ1v) is 10.9. The van der Waals surface area contributed by atoms with E-state index in [0.29, 0.717) is 10.8 Å². The smallest absolute Gasteiger partial charge is 0.413 e. The number of anilines is 1. The van der Waals surface area contributed by atoms with Gasteiger partial charge in [-0.25, -0.2) is 9.78 Å². The number of aromatic nitrogens is 1. The Hall–Kier alpha value is -3.72. The van der Waals surface area contributed by atoms with Gasteiger partial charge in [0.05, 0.1) is 12.1 Å². The zero-order valence-corrected chi connectivity index (χ0v) is 18.0. The van der Waals surface area contributed by atoms with Crippen molar-refractivity contribution in [1.29, 1.82) is 0 Å². The molecule has 0 fully saturated rings. The summed E-state index contributed by atoms with van der Waals surface area (Å²) in [4.78, 5) is 39.2. The lowest BCUT2D eigenvalue weighted by Gasteiger charge is -2.14. The summed E-state index contributed by atoms with van der Waals surface area (Å²) in [5.41, 5.74) is 4.98. The molecule has 0 spiro atoms. The van der Waals surface area contributed by atoms with Crippen LogP contribution in [-0.2, 0) is 20.7 Å². The molecule has 2 aromatic carbocycles. The lowest BCUT2D eigenvalue weighted by molar-refractivity contribution is -0.141. The van der Waals surface area contributed by atoms with Crippen molar-refractivity contribution in [2.24, 2.45) is 0 Å². The van der Waals surface area contributed by atoms with Crippen LogP contribution in [-0.4, -0.2) is 40.7 Å². The standard InChI is InChI=1S/C23H21N3O5S/c1-13(21(28)29)24-20(27)10-14-12-32-22(25-14)26-23(30)31-11-19-17-8-4-2-6-15(17)16-7-3-5-9-18(16)19/h2-9,12-13,19H,10-11H2,1H3,(H,24,27)(H,28,29)(H,25,26,30)/t13-/m0/s1. The molecule has 1 heterocycles. The fourth-order valence-corrected chi connectivity index (χ4v) is 4.38. The number of rotatable bonds is 7. The number of nitrogens with one attached hydrogen (secondary N) is 2. The monoisotopic (exact) mass is 451 g/mol. The minimum absolute atomic E-state index is 0.0417. The average molecular weight is 452 g/mol. The van der Waals surface area contributed by atoms with E-state index >= 15 is 0 Å². The van der Waals surface area contributed by atoms with Gasteiger partial charge in [0.25, 0.3) is 0 Å². The average Bonchev–Trinajstić information content (AvgIpc) is 3.34. The summed E-state index contributed by atoms with van der Waals surface area (Å²) in [6.07, 6.45) is -0.711. The van der Waals surface area contributed by atoms with Gasteiger partial charge in [-0.3, -0.25) is 14.9 Å². The Morgan fingerprint density at radius 1 is 1.09 bits per heavy atom. The van der Waals surface area contributed by atoms with E-state index < -0.39 is 24.0 Å². The molecule has 0 saturated heterocycles. The van der Waals surface area contributed by atoms with Gasteiger partial charge in [0.1, 0.15) is 12.6 Å². The fraction of sp³-hybridized carbons (Fsp3) is 0.217. The number of fused-ring (bicyclic) bond motifs is 3. The highest BCUT2D eigenvalue weighted by Gasteiger charge is 2.29. The van der Waals surface area contributed by atoms with Gasteiger partial charge in [0, 0.05) is 11.3 Å². The summed E-state index contributed by atoms with van der Waals surface area (Å²) in [7, 11) is 0. The third kappa shape index (κ3) is 4.62. The molecular weight excluding hydrogens is 430 g/mol. The van der Waals surface area contributed by atoms with Crippen LogP contribution in [0, 0.1) is 0 Å². The van der Waals surface area contributed by atoms with E-state index in [4.69, 9.17) is 9.84 Å². The van der Waals surface area contributed by atoms with Gasteiger partial charge in [-0.05, 0) is 29.2 Å². The third-order valence-corrected chi connectivity index (χ3v) is 6.00. The number of amides is 2. The van der Waals surface area contributed by atoms with E-state index in [2.05, 4.69) is 27.8 Å². The van der Waals surface area contributed by atoms with Crippen LogP contribution in [0.15, 0.2) is 53.9 Å². The Morgan fingerprint density at radius 2 is 1.72 bits per heavy atom. The minimum atomic E-state index is -1.12. The zero-order valence-electron chi connectivity index (χ0n) is 17.2. The maximum Gasteiger partial charge on any atom is 0.413 e. The molecule has 0 aliphatic heterocycles. The number of carbonyl (C=O) groups is 3. The summed E-state index contributed by atoms with van der Waals surface area (Å²) < 4.78 is 5.49. The number of hydrogen-bond donors (Lipinski definition) is 3. The number of thiazole rings is 1. The highest BCUT2D eigenvalue weighted by molar-refractivity contribution is 7.13. The molecule has 3 aromatic rings. The molecule has 3 N–H and O–H groups in total. The maximum atomic E-state index is 12.3. The van der Waals surface area contributed by atoms with Gasteiger partial charge < -0.3 is 15.2 Å². The van der Waals surface area contributed by atoms with Crippen molar-refractivity contribution in [3.8, 4) is 11.1 Å². The highest BCUT2D eigenvalue weighted by atomic mass is 32.1. The van der Waals surface area contributed by atoms with Crippen LogP contribution in [0.5, 0.6) is 0 Å². The summed E-state index contributed by atoms with van der Waals surface area (Å²) in [6.45, 7) is 1.57. The number of ether oxygens (including phenoxy) is 1. The quantitative estimate of drug-likeness (QED) is 0.505. The number of carbonyl (C=O) groups excluding carboxylic acids is 2. The van der Waals surface area contributed by atoms with Gasteiger partial charge in [0.2, 0.25) is 5.91 Å². The van der Waals surface area contributed by atoms with Crippen molar-refractivity contribution in [3.05, 3.63) is 70.7 Å². The summed E-state index contributed by atoms with van der Waals surface area (Å²) in [6, 6.07) is 15.2. The van der Waals surface area contributed by atoms with Gasteiger partial charge in [0.15, 0.2) is 5.13 Å². The van der Waals surface area contributed by atoms with Crippen molar-refractivity contribution in [3.63, 3.8) is 0 Å². The van der Waals surface area contributed by atoms with Crippen molar-refractivity contribution in [2.75, 3.05) is 11.9 Å². The first kappa shape index (κ1) is 21.5. The Kier molecular flexibility index (Phi) is 6.18. The van der Waals surface area contributed by atoms with Crippen LogP contribution < -0.4 is 10.6 Å². The van der Waals surface area contributed by atoms with Crippen molar-refractivity contribution >= 4 is 34.4 Å². The molecule has 32 heavy (non-hydrogen) atoms. The van der Waals surface area contributed by atoms with E-state index in [1.807, 2.05) is 36.4 Å². The number of carboxylic acid groups (broad SMARTS) is 1. The predicted octanol–water partition coefficient (Wildman–Crippen LogP) is 3.64. The predicted molar refractivity (Wildman–Crippen MR) is 120 cm³/mol. The normalized spacial score (nSPS) is 13.0. The van der Waals surface area contributed by atoms with Crippen LogP contribution in [0.4, 0.5) is 9.93 Å². The molecule has 0 unspecified atom stereocenters. The highest BCUT2D eigenvalue weighted by Crippen LogP contribution is 2.44. The van der Waals surface area contributed by atoms with Gasteiger partial charge in [-0.2, -0.15) is 0 Å². The lowest BCUT2D eigenvalue weighted by Crippen LogP contribution is -2.39. The molecular formula is C23H21N3O5S. The van der Waals surface area contributed by atoms with Crippen molar-refractivity contribution in [2.45, 2.75) is 25.3 Å². The van der Waals surface area contributed by atoms with Crippen LogP contribution in [0.25, 0.3) is 11.1 Å². The molecule has 1 atom stereocenters. The molecule has 2 amide bonds. The molecule has 0 bridgehead atoms. The summed E-state index contributed by atoms with van der Waals surface area (Å²) >= 11 is 1.16. The molecule has 8 nitrogen and oxygen atoms in total. The lowest BCUT2D eigenvalue weighted by atomic mass is 9.98. The van der Waals surface area contributed by atoms with Crippen molar-refractivity contribution in [1.82, 2.24) is 10.3 Å². The summed E-state index contributed by atoms with van der Waals surface area (Å²) in [5.74, 6) is -1.62. The third-order valence-electron chi connectivity index (χ3n) is 5.19. The topological polar surface area (TPSA) is 118 Å². The van der Waals surface area contributed by atoms with Crippen molar-refractivity contribution < 1.29 is 24.2 Å². The second kappa shape index (κ2) is 9.19. The van der Waals surface area contributed by atoms with E-state index in [0.717, 1.165) is 33.6 Å². The first-order chi connectivity index (χ1) is 15.4. The van der Waals surface area contributed by atoms with Gasteiger partial charge in [-0.15, -0.1) is 11.3 Å². The number of aliphatic carboxylic acids is 1. The minimum Gasteiger partial charge on any atom is -0.480 e. The van der Waals surface area contributed by atoms with E-state index in [1.54, 1.807) is 5.38 Å². The second-order valence-corrected chi connectivity index (χ2v) is 8.26. The summed E-state index contributed by atoms with van der Waals surface area (Å²) in [5, 5.41) is 15.7. The molecule has 0 saturated carbocycles. The van der Waals surface area contributed by atoms with Crippen LogP contribution in [0.1, 0.15) is 29.7 Å². The largest absolute Gasteiger partial charge is 0.480 e. The Labute approximate surface area is 188 Å². The Morgan fingerprint density at radius 3 is 2.34 bits per heavy atom. The van der Waals surface area contributed by atoms with E-state index in [-0.39, 0.29) is 18.9 Å². The van der Waals surface area contributed by atoms with Crippen LogP contribution >= 0.6 is 11.3 Å². The number of hydrogen-bond acceptors (Lipinski definition) is 6. The molecule has 1 aromatic heterocycles. The van der Waals surface area contributed by atoms with E-state index in [1.165, 1.54) is 6.92 Å². The van der Waals surface area contributed by atoms with Gasteiger partial charge in [-0.1, -0.05) is 48.5 Å². The van der Waals surface area contributed by atoms with Crippen LogP contribution in [0.3, 0.4) is 0 Å². The number of benzene rings is 2. The van der Waals surface area contributed by atoms with Gasteiger partial charge >= 0.3 is 12.1 Å². The molecule has 4 rings (SSSR count). The maximum absolute atomic E-state index is 12.3. The zero-order chi connectivity index (χ0) is 22.7. The Bertz CT molecular complexity index is 1130. The SMILES string of the molecule is C[C@H](NC(=O)Cc1csc(NC(=O)OCC2c3ccccc3-c3ccccc32)n1)C(=O)O.